The normalized spacial score (nSPS) is 17.8. The molecule has 0 aromatic heterocycles. The number of fused-ring (bicyclic) bond motifs is 2. The molecule has 0 bridgehead atoms. The van der Waals surface area contributed by atoms with Gasteiger partial charge in [0.2, 0.25) is 0 Å². The summed E-state index contributed by atoms with van der Waals surface area (Å²) in [4.78, 5) is 0. The molecule has 170 valence electrons. The zero-order chi connectivity index (χ0) is 21.7. The van der Waals surface area contributed by atoms with E-state index < -0.39 is 25.8 Å². The summed E-state index contributed by atoms with van der Waals surface area (Å²) in [6.07, 6.45) is 4.93. The van der Waals surface area contributed by atoms with Crippen molar-refractivity contribution in [1.82, 2.24) is 0 Å². The Bertz CT molecular complexity index is 1060. The quantitative estimate of drug-likeness (QED) is 0.372. The molecule has 0 saturated carbocycles. The van der Waals surface area contributed by atoms with E-state index in [4.69, 9.17) is 23.2 Å². The van der Waals surface area contributed by atoms with Gasteiger partial charge in [-0.1, -0.05) is 0 Å². The first-order valence-electron chi connectivity index (χ1n) is 10.7. The van der Waals surface area contributed by atoms with Crippen molar-refractivity contribution in [2.45, 2.75) is 59.8 Å². The number of benzene rings is 2. The van der Waals surface area contributed by atoms with Crippen molar-refractivity contribution in [3.05, 3.63) is 79.9 Å². The second-order valence-electron chi connectivity index (χ2n) is 9.10. The van der Waals surface area contributed by atoms with Gasteiger partial charge in [0.15, 0.2) is 0 Å². The summed E-state index contributed by atoms with van der Waals surface area (Å²) in [7, 11) is 0. The van der Waals surface area contributed by atoms with Gasteiger partial charge in [0.05, 0.1) is 0 Å². The standard InChI is InChI=1S/2C12H12Cl.C2H6Si.2ClH.Zr/c2*1-8-5-11-9(2)3-4-10(7-13)12(11)6-8;1-3-2;;;/h2*3-6H,7H2,1-2H3;1-2H3;2*1H;/q;;;;;+2/p-2. The molecular weight excluding hydrogens is 573 g/mol. The van der Waals surface area contributed by atoms with E-state index in [9.17, 15) is 0 Å². The Morgan fingerprint density at radius 3 is 1.41 bits per heavy atom. The van der Waals surface area contributed by atoms with E-state index in [1.807, 2.05) is 0 Å². The molecule has 0 amide bonds. The molecule has 6 heteroatoms. The van der Waals surface area contributed by atoms with Crippen LogP contribution in [0.4, 0.5) is 0 Å². The maximum absolute atomic E-state index is 6.34. The summed E-state index contributed by atoms with van der Waals surface area (Å²) in [5.74, 6) is 1.19. The first kappa shape index (κ1) is 28.4. The number of alkyl halides is 2. The summed E-state index contributed by atoms with van der Waals surface area (Å²) in [5.41, 5.74) is 14.3. The molecule has 0 aliphatic heterocycles. The molecule has 0 fully saturated rings. The average molecular weight is 604 g/mol. The van der Waals surface area contributed by atoms with E-state index in [2.05, 4.69) is 77.2 Å². The van der Waals surface area contributed by atoms with Crippen molar-refractivity contribution < 1.29 is 45.2 Å². The summed E-state index contributed by atoms with van der Waals surface area (Å²) in [6, 6.07) is 9.06. The number of aryl methyl sites for hydroxylation is 2. The van der Waals surface area contributed by atoms with Crippen LogP contribution < -0.4 is 24.8 Å². The Morgan fingerprint density at radius 1 is 0.719 bits per heavy atom. The van der Waals surface area contributed by atoms with Crippen LogP contribution in [0.3, 0.4) is 0 Å². The van der Waals surface area contributed by atoms with E-state index in [0.29, 0.717) is 19.0 Å². The van der Waals surface area contributed by atoms with Gasteiger partial charge in [-0.3, -0.25) is 0 Å². The topological polar surface area (TPSA) is 0 Å². The van der Waals surface area contributed by atoms with Crippen LogP contribution in [0.25, 0.3) is 12.2 Å². The first-order chi connectivity index (χ1) is 14.3. The summed E-state index contributed by atoms with van der Waals surface area (Å²) < 4.78 is 1.32. The van der Waals surface area contributed by atoms with Gasteiger partial charge in [0.1, 0.15) is 0 Å². The summed E-state index contributed by atoms with van der Waals surface area (Å²) in [5, 5.41) is 0. The molecule has 0 radical (unpaired) electrons. The maximum Gasteiger partial charge on any atom is -1.00 e. The van der Waals surface area contributed by atoms with Gasteiger partial charge in [0.25, 0.3) is 0 Å². The van der Waals surface area contributed by atoms with Gasteiger partial charge >= 0.3 is 201 Å². The van der Waals surface area contributed by atoms with E-state index in [-0.39, 0.29) is 24.8 Å². The van der Waals surface area contributed by atoms with Crippen LogP contribution in [0.5, 0.6) is 0 Å². The molecule has 4 rings (SSSR count). The van der Waals surface area contributed by atoms with E-state index in [0.717, 1.165) is 0 Å². The van der Waals surface area contributed by atoms with E-state index in [1.54, 1.807) is 22.3 Å². The zero-order valence-electron chi connectivity index (χ0n) is 19.5. The predicted octanol–water partition coefficient (Wildman–Crippen LogP) is 2.27. The third kappa shape index (κ3) is 4.67. The van der Waals surface area contributed by atoms with Crippen LogP contribution in [0.1, 0.15) is 65.6 Å². The Kier molecular flexibility index (Phi) is 10.0. The molecule has 2 unspecified atom stereocenters. The number of halogens is 4. The van der Waals surface area contributed by atoms with Gasteiger partial charge < -0.3 is 24.8 Å². The Hall–Kier alpha value is 0.180. The van der Waals surface area contributed by atoms with Crippen molar-refractivity contribution in [3.8, 4) is 0 Å². The molecule has 0 spiro atoms. The molecule has 0 heterocycles. The molecule has 2 aliphatic rings. The molecule has 2 aromatic rings. The minimum absolute atomic E-state index is 0. The molecule has 0 nitrogen and oxygen atoms in total. The Morgan fingerprint density at radius 2 is 1.09 bits per heavy atom. The van der Waals surface area contributed by atoms with Gasteiger partial charge in [-0.2, -0.15) is 0 Å². The average Bonchev–Trinajstić information content (AvgIpc) is 3.22. The second kappa shape index (κ2) is 11.3. The number of hydrogen-bond donors (Lipinski definition) is 0. The van der Waals surface area contributed by atoms with Crippen molar-refractivity contribution in [2.24, 2.45) is 0 Å². The third-order valence-corrected chi connectivity index (χ3v) is 27.3. The zero-order valence-corrected chi connectivity index (χ0v) is 26.0. The minimum atomic E-state index is -2.01. The minimum Gasteiger partial charge on any atom is -1.00 e. The van der Waals surface area contributed by atoms with Gasteiger partial charge in [-0.25, -0.2) is 0 Å². The number of rotatable bonds is 4. The van der Waals surface area contributed by atoms with E-state index >= 15 is 0 Å². The number of allylic oxidation sites excluding steroid dienone is 2. The fourth-order valence-corrected chi connectivity index (χ4v) is 27.1. The number of hydrogen-bond acceptors (Lipinski definition) is 0. The summed E-state index contributed by atoms with van der Waals surface area (Å²) >= 11 is 10.7. The molecular formula is C26H30Cl4SiZr. The smallest absolute Gasteiger partial charge is 1.00 e. The predicted molar refractivity (Wildman–Crippen MR) is 132 cm³/mol. The van der Waals surface area contributed by atoms with Crippen LogP contribution >= 0.6 is 23.2 Å². The molecule has 2 atom stereocenters. The Balaban J connectivity index is 0.00000181. The van der Waals surface area contributed by atoms with Gasteiger partial charge in [0, 0.05) is 0 Å². The largest absolute Gasteiger partial charge is 1.00 e. The third-order valence-electron chi connectivity index (χ3n) is 6.91. The summed E-state index contributed by atoms with van der Waals surface area (Å²) in [6.45, 7) is 14.5. The van der Waals surface area contributed by atoms with Crippen molar-refractivity contribution in [1.29, 1.82) is 0 Å². The van der Waals surface area contributed by atoms with Crippen molar-refractivity contribution >= 4 is 40.8 Å². The first-order valence-corrected chi connectivity index (χ1v) is 20.8. The Labute approximate surface area is 223 Å². The molecule has 32 heavy (non-hydrogen) atoms. The van der Waals surface area contributed by atoms with Gasteiger partial charge in [-0.15, -0.1) is 0 Å². The van der Waals surface area contributed by atoms with Crippen LogP contribution in [-0.4, -0.2) is 5.43 Å². The van der Waals surface area contributed by atoms with Gasteiger partial charge in [-0.05, 0) is 0 Å². The fourth-order valence-electron chi connectivity index (χ4n) is 5.54. The SMILES string of the molecule is CC1=Cc2c(CCl)ccc(C)c2[CH]1[Zr+2]([CH]1C(C)=Cc2c(CCl)ccc(C)c21)=[Si](C)C.[Cl-].[Cl-]. The monoisotopic (exact) mass is 600 g/mol. The molecule has 0 saturated heterocycles. The fraction of sp³-hybridized carbons (Fsp3) is 0.385. The van der Waals surface area contributed by atoms with E-state index in [1.165, 1.54) is 33.4 Å². The van der Waals surface area contributed by atoms with Crippen molar-refractivity contribution in [2.75, 3.05) is 0 Å². The molecule has 2 aliphatic carbocycles. The van der Waals surface area contributed by atoms with Crippen molar-refractivity contribution in [3.63, 3.8) is 0 Å². The molecule has 2 aromatic carbocycles. The second-order valence-corrected chi connectivity index (χ2v) is 27.5. The van der Waals surface area contributed by atoms with Crippen LogP contribution in [0.15, 0.2) is 35.4 Å². The maximum atomic E-state index is 6.34. The van der Waals surface area contributed by atoms with Crippen LogP contribution in [0, 0.1) is 13.8 Å². The molecule has 0 N–H and O–H groups in total. The van der Waals surface area contributed by atoms with Crippen LogP contribution in [-0.2, 0) is 32.1 Å². The van der Waals surface area contributed by atoms with Crippen LogP contribution in [0.2, 0.25) is 13.1 Å².